The van der Waals surface area contributed by atoms with Gasteiger partial charge in [-0.3, -0.25) is 0 Å². The molecule has 0 fully saturated rings. The van der Waals surface area contributed by atoms with Crippen LogP contribution < -0.4 is 0 Å². The van der Waals surface area contributed by atoms with Crippen LogP contribution >= 0.6 is 11.3 Å². The van der Waals surface area contributed by atoms with Gasteiger partial charge in [0.2, 0.25) is 5.71 Å². The molecule has 0 saturated carbocycles. The third-order valence-corrected chi connectivity index (χ3v) is 8.03. The third-order valence-electron chi connectivity index (χ3n) is 6.90. The number of benzene rings is 2. The fourth-order valence-corrected chi connectivity index (χ4v) is 6.96. The Bertz CT molecular complexity index is 1660. The highest BCUT2D eigenvalue weighted by molar-refractivity contribution is 7.20. The number of rotatable bonds is 0. The lowest BCUT2D eigenvalue weighted by Crippen LogP contribution is -2.21. The van der Waals surface area contributed by atoms with Crippen molar-refractivity contribution in [1.29, 1.82) is 0 Å². The summed E-state index contributed by atoms with van der Waals surface area (Å²) in [5.41, 5.74) is 8.57. The fourth-order valence-electron chi connectivity index (χ4n) is 5.74. The summed E-state index contributed by atoms with van der Waals surface area (Å²) in [6.45, 7) is 0. The largest absolute Gasteiger partial charge is 0.438 e. The van der Waals surface area contributed by atoms with E-state index in [1.165, 1.54) is 48.2 Å². The summed E-state index contributed by atoms with van der Waals surface area (Å²) in [4.78, 5) is 5.86. The molecule has 0 radical (unpaired) electrons. The van der Waals surface area contributed by atoms with Gasteiger partial charge in [0.25, 0.3) is 0 Å². The summed E-state index contributed by atoms with van der Waals surface area (Å²) < 4.78 is 7.50. The van der Waals surface area contributed by atoms with Crippen molar-refractivity contribution >= 4 is 61.7 Å². The second-order valence-corrected chi connectivity index (χ2v) is 9.42. The normalized spacial score (nSPS) is 20.6. The lowest BCUT2D eigenvalue weighted by Gasteiger charge is -2.37. The molecule has 3 heterocycles. The van der Waals surface area contributed by atoms with Crippen molar-refractivity contribution in [2.45, 2.75) is 11.8 Å². The van der Waals surface area contributed by atoms with E-state index < -0.39 is 0 Å². The van der Waals surface area contributed by atoms with E-state index in [-0.39, 0.29) is 0 Å². The molecule has 30 heavy (non-hydrogen) atoms. The van der Waals surface area contributed by atoms with Gasteiger partial charge in [-0.1, -0.05) is 42.5 Å². The summed E-state index contributed by atoms with van der Waals surface area (Å²) >= 11 is 1.91. The van der Waals surface area contributed by atoms with E-state index in [2.05, 4.69) is 71.8 Å². The first-order chi connectivity index (χ1) is 14.9. The smallest absolute Gasteiger partial charge is 0.227 e. The number of thiophene rings is 1. The van der Waals surface area contributed by atoms with Gasteiger partial charge in [-0.15, -0.1) is 11.3 Å². The molecule has 2 atom stereocenters. The highest BCUT2D eigenvalue weighted by atomic mass is 32.1. The van der Waals surface area contributed by atoms with E-state index in [0.29, 0.717) is 11.8 Å². The van der Waals surface area contributed by atoms with Gasteiger partial charge in [-0.05, 0) is 63.6 Å². The fraction of sp³-hybridized carbons (Fsp3) is 0.0741. The Morgan fingerprint density at radius 1 is 0.933 bits per heavy atom. The lowest BCUT2D eigenvalue weighted by atomic mass is 9.65. The van der Waals surface area contributed by atoms with E-state index in [4.69, 9.17) is 4.42 Å². The molecule has 2 nitrogen and oxygen atoms in total. The van der Waals surface area contributed by atoms with Crippen LogP contribution in [0, 0.1) is 0 Å². The number of aromatic nitrogens is 1. The monoisotopic (exact) mass is 401 g/mol. The number of hydrogen-bond acceptors (Lipinski definition) is 3. The summed E-state index contributed by atoms with van der Waals surface area (Å²) in [6.07, 6.45) is 13.5. The van der Waals surface area contributed by atoms with Crippen LogP contribution in [-0.2, 0) is 0 Å². The molecular formula is C27H15NOS. The van der Waals surface area contributed by atoms with Crippen LogP contribution in [0.2, 0.25) is 0 Å². The SMILES string of the molecule is C1=Cc2c3c(cc4oc5ncccc5c24)C=CC2c4c(sc5ccccc45)C=C1C32. The van der Waals surface area contributed by atoms with Crippen LogP contribution in [-0.4, -0.2) is 4.98 Å². The summed E-state index contributed by atoms with van der Waals surface area (Å²) in [5.74, 6) is 0.739. The van der Waals surface area contributed by atoms with Crippen molar-refractivity contribution in [3.63, 3.8) is 0 Å². The molecule has 140 valence electrons. The first-order valence-corrected chi connectivity index (χ1v) is 11.1. The minimum absolute atomic E-state index is 0.363. The van der Waals surface area contributed by atoms with Gasteiger partial charge < -0.3 is 4.42 Å². The Morgan fingerprint density at radius 3 is 2.87 bits per heavy atom. The van der Waals surface area contributed by atoms with Crippen molar-refractivity contribution in [1.82, 2.24) is 4.98 Å². The molecule has 0 aliphatic heterocycles. The van der Waals surface area contributed by atoms with Gasteiger partial charge >= 0.3 is 0 Å². The van der Waals surface area contributed by atoms with Gasteiger partial charge in [-0.25, -0.2) is 4.98 Å². The molecule has 3 aliphatic rings. The second-order valence-electron chi connectivity index (χ2n) is 8.34. The molecular weight excluding hydrogens is 386 g/mol. The zero-order valence-corrected chi connectivity index (χ0v) is 16.7. The predicted molar refractivity (Wildman–Crippen MR) is 125 cm³/mol. The Morgan fingerprint density at radius 2 is 1.87 bits per heavy atom. The molecule has 0 spiro atoms. The van der Waals surface area contributed by atoms with Crippen LogP contribution in [0.4, 0.5) is 0 Å². The Kier molecular flexibility index (Phi) is 2.66. The summed E-state index contributed by atoms with van der Waals surface area (Å²) in [6, 6.07) is 15.2. The lowest BCUT2D eigenvalue weighted by molar-refractivity contribution is 0.652. The molecule has 3 aromatic heterocycles. The molecule has 0 amide bonds. The summed E-state index contributed by atoms with van der Waals surface area (Å²) in [7, 11) is 0. The maximum Gasteiger partial charge on any atom is 0.227 e. The van der Waals surface area contributed by atoms with Crippen LogP contribution in [0.25, 0.3) is 50.4 Å². The molecule has 0 N–H and O–H groups in total. The topological polar surface area (TPSA) is 26.0 Å². The molecule has 3 aliphatic carbocycles. The van der Waals surface area contributed by atoms with Crippen molar-refractivity contribution in [2.24, 2.45) is 0 Å². The molecule has 0 bridgehead atoms. The minimum atomic E-state index is 0.363. The van der Waals surface area contributed by atoms with Crippen LogP contribution in [0.15, 0.2) is 70.8 Å². The Labute approximate surface area is 176 Å². The third kappa shape index (κ3) is 1.74. The number of fused-ring (bicyclic) bond motifs is 8. The zero-order valence-electron chi connectivity index (χ0n) is 15.9. The van der Waals surface area contributed by atoms with Gasteiger partial charge in [0.15, 0.2) is 0 Å². The van der Waals surface area contributed by atoms with E-state index in [1.54, 1.807) is 6.20 Å². The van der Waals surface area contributed by atoms with E-state index in [1.807, 2.05) is 17.4 Å². The molecule has 3 heteroatoms. The number of hydrogen-bond donors (Lipinski definition) is 0. The highest BCUT2D eigenvalue weighted by Crippen LogP contribution is 2.57. The average molecular weight is 401 g/mol. The van der Waals surface area contributed by atoms with Crippen LogP contribution in [0.1, 0.15) is 39.0 Å². The summed E-state index contributed by atoms with van der Waals surface area (Å²) in [5, 5.41) is 3.70. The maximum absolute atomic E-state index is 6.12. The van der Waals surface area contributed by atoms with Gasteiger partial charge in [0.1, 0.15) is 5.58 Å². The first kappa shape index (κ1) is 15.4. The minimum Gasteiger partial charge on any atom is -0.438 e. The van der Waals surface area contributed by atoms with Gasteiger partial charge in [0.05, 0.1) is 0 Å². The van der Waals surface area contributed by atoms with Crippen molar-refractivity contribution in [3.8, 4) is 0 Å². The molecule has 0 saturated heterocycles. The maximum atomic E-state index is 6.12. The molecule has 2 aromatic carbocycles. The van der Waals surface area contributed by atoms with Crippen LogP contribution in [0.5, 0.6) is 0 Å². The number of allylic oxidation sites excluding steroid dienone is 3. The van der Waals surface area contributed by atoms with E-state index in [9.17, 15) is 0 Å². The molecule has 2 unspecified atom stereocenters. The first-order valence-electron chi connectivity index (χ1n) is 10.3. The number of nitrogens with zero attached hydrogens (tertiary/aromatic N) is 1. The number of furan rings is 1. The van der Waals surface area contributed by atoms with Crippen molar-refractivity contribution in [2.75, 3.05) is 0 Å². The Balaban J connectivity index is 1.49. The second kappa shape index (κ2) is 5.18. The highest BCUT2D eigenvalue weighted by Gasteiger charge is 2.39. The standard InChI is InChI=1S/C27H15NOS/c1-2-6-21-16(4-1)26-18-10-7-14-12-20-25(19-5-3-11-28-27(19)29-20)17-9-8-15(13-22(26)30-21)24(18)23(14)17/h1-13,18,24H. The quantitative estimate of drug-likeness (QED) is 0.268. The molecule has 8 rings (SSSR count). The number of pyridine rings is 1. The van der Waals surface area contributed by atoms with Crippen LogP contribution in [0.3, 0.4) is 0 Å². The average Bonchev–Trinajstić information content (AvgIpc) is 3.34. The molecule has 5 aromatic rings. The van der Waals surface area contributed by atoms with E-state index in [0.717, 1.165) is 16.7 Å². The predicted octanol–water partition coefficient (Wildman–Crippen LogP) is 7.51. The zero-order chi connectivity index (χ0) is 19.4. The van der Waals surface area contributed by atoms with Crippen molar-refractivity contribution in [3.05, 3.63) is 93.5 Å². The van der Waals surface area contributed by atoms with Gasteiger partial charge in [0, 0.05) is 38.4 Å². The Hall–Kier alpha value is -3.43. The van der Waals surface area contributed by atoms with Gasteiger partial charge in [-0.2, -0.15) is 0 Å². The van der Waals surface area contributed by atoms with E-state index >= 15 is 0 Å². The van der Waals surface area contributed by atoms with Crippen molar-refractivity contribution < 1.29 is 4.42 Å².